The number of aliphatic hydroxyl groups is 1. The van der Waals surface area contributed by atoms with Gasteiger partial charge in [0.15, 0.2) is 18.1 Å². The number of hydrogen-bond donors (Lipinski definition) is 2. The van der Waals surface area contributed by atoms with Gasteiger partial charge in [-0.3, -0.25) is 4.79 Å². The lowest BCUT2D eigenvalue weighted by Gasteiger charge is -2.15. The van der Waals surface area contributed by atoms with E-state index in [1.807, 2.05) is 0 Å². The minimum absolute atomic E-state index is 0.0269. The second-order valence-corrected chi connectivity index (χ2v) is 5.42. The van der Waals surface area contributed by atoms with Crippen molar-refractivity contribution in [1.82, 2.24) is 5.32 Å². The average molecular weight is 293 g/mol. The summed E-state index contributed by atoms with van der Waals surface area (Å²) in [6, 6.07) is 5.48. The maximum Gasteiger partial charge on any atom is 0.258 e. The lowest BCUT2D eigenvalue weighted by molar-refractivity contribution is -0.123. The van der Waals surface area contributed by atoms with Crippen LogP contribution in [0, 0.1) is 0 Å². The van der Waals surface area contributed by atoms with Crippen LogP contribution in [-0.4, -0.2) is 30.8 Å². The third-order valence-electron chi connectivity index (χ3n) is 3.75. The van der Waals surface area contributed by atoms with Crippen LogP contribution in [0.1, 0.15) is 44.3 Å². The van der Waals surface area contributed by atoms with Crippen molar-refractivity contribution in [3.8, 4) is 11.5 Å². The van der Waals surface area contributed by atoms with Crippen molar-refractivity contribution in [2.75, 3.05) is 13.7 Å². The fourth-order valence-corrected chi connectivity index (χ4v) is 2.55. The third kappa shape index (κ3) is 4.36. The highest BCUT2D eigenvalue weighted by molar-refractivity contribution is 5.78. The number of benzene rings is 1. The Labute approximate surface area is 125 Å². The molecule has 21 heavy (non-hydrogen) atoms. The highest BCUT2D eigenvalue weighted by Gasteiger charge is 2.17. The Balaban J connectivity index is 1.91. The van der Waals surface area contributed by atoms with Crippen molar-refractivity contribution in [2.24, 2.45) is 0 Å². The largest absolute Gasteiger partial charge is 0.493 e. The summed E-state index contributed by atoms with van der Waals surface area (Å²) in [5.41, 5.74) is 0.745. The van der Waals surface area contributed by atoms with Gasteiger partial charge in [0.1, 0.15) is 0 Å². The van der Waals surface area contributed by atoms with Crippen molar-refractivity contribution in [3.63, 3.8) is 0 Å². The van der Waals surface area contributed by atoms with Gasteiger partial charge in [-0.05, 0) is 37.5 Å². The summed E-state index contributed by atoms with van der Waals surface area (Å²) in [7, 11) is 1.53. The van der Waals surface area contributed by atoms with Crippen LogP contribution in [-0.2, 0) is 4.79 Å². The van der Waals surface area contributed by atoms with Gasteiger partial charge in [-0.1, -0.05) is 18.9 Å². The van der Waals surface area contributed by atoms with Gasteiger partial charge in [0.25, 0.3) is 5.91 Å². The van der Waals surface area contributed by atoms with E-state index in [0.717, 1.165) is 18.4 Å². The van der Waals surface area contributed by atoms with Gasteiger partial charge in [-0.25, -0.2) is 0 Å². The standard InChI is InChI=1S/C16H23NO4/c1-11(18)12-7-8-14(15(9-12)20-2)21-10-16(19)17-13-5-3-4-6-13/h7-9,11,13,18H,3-6,10H2,1-2H3,(H,17,19). The molecule has 1 aliphatic rings. The molecule has 5 nitrogen and oxygen atoms in total. The first kappa shape index (κ1) is 15.6. The number of ether oxygens (including phenoxy) is 2. The van der Waals surface area contributed by atoms with E-state index < -0.39 is 6.10 Å². The molecule has 0 bridgehead atoms. The molecule has 0 saturated heterocycles. The molecule has 0 spiro atoms. The van der Waals surface area contributed by atoms with Gasteiger partial charge in [-0.2, -0.15) is 0 Å². The summed E-state index contributed by atoms with van der Waals surface area (Å²) in [6.07, 6.45) is 3.90. The molecule has 2 rings (SSSR count). The first-order valence-electron chi connectivity index (χ1n) is 7.38. The topological polar surface area (TPSA) is 67.8 Å². The minimum atomic E-state index is -0.571. The Hall–Kier alpha value is -1.75. The number of amides is 1. The Morgan fingerprint density at radius 2 is 2.10 bits per heavy atom. The molecule has 1 aromatic rings. The molecule has 1 aromatic carbocycles. The summed E-state index contributed by atoms with van der Waals surface area (Å²) >= 11 is 0. The lowest BCUT2D eigenvalue weighted by Crippen LogP contribution is -2.36. The summed E-state index contributed by atoms with van der Waals surface area (Å²) < 4.78 is 10.8. The van der Waals surface area contributed by atoms with Crippen LogP contribution >= 0.6 is 0 Å². The third-order valence-corrected chi connectivity index (χ3v) is 3.75. The molecule has 0 heterocycles. The van der Waals surface area contributed by atoms with Crippen LogP contribution in [0.3, 0.4) is 0 Å². The van der Waals surface area contributed by atoms with Crippen LogP contribution in [0.2, 0.25) is 0 Å². The van der Waals surface area contributed by atoms with Crippen molar-refractivity contribution < 1.29 is 19.4 Å². The van der Waals surface area contributed by atoms with Crippen molar-refractivity contribution in [1.29, 1.82) is 0 Å². The number of rotatable bonds is 6. The van der Waals surface area contributed by atoms with Gasteiger partial charge in [0.2, 0.25) is 0 Å². The Morgan fingerprint density at radius 3 is 2.71 bits per heavy atom. The number of carbonyl (C=O) groups excluding carboxylic acids is 1. The van der Waals surface area contributed by atoms with Gasteiger partial charge in [0, 0.05) is 6.04 Å². The summed E-state index contributed by atoms with van der Waals surface area (Å²) in [5.74, 6) is 0.911. The molecular formula is C16H23NO4. The van der Waals surface area contributed by atoms with E-state index in [4.69, 9.17) is 9.47 Å². The molecule has 5 heteroatoms. The van der Waals surface area contributed by atoms with Crippen molar-refractivity contribution in [3.05, 3.63) is 23.8 Å². The molecule has 0 radical (unpaired) electrons. The van der Waals surface area contributed by atoms with Crippen LogP contribution in [0.15, 0.2) is 18.2 Å². The highest BCUT2D eigenvalue weighted by atomic mass is 16.5. The molecule has 1 amide bonds. The molecule has 0 aromatic heterocycles. The molecule has 0 aliphatic heterocycles. The van der Waals surface area contributed by atoms with Gasteiger partial charge < -0.3 is 19.9 Å². The van der Waals surface area contributed by atoms with Gasteiger partial charge in [-0.15, -0.1) is 0 Å². The van der Waals surface area contributed by atoms with Crippen LogP contribution in [0.4, 0.5) is 0 Å². The fraction of sp³-hybridized carbons (Fsp3) is 0.562. The van der Waals surface area contributed by atoms with E-state index >= 15 is 0 Å². The summed E-state index contributed by atoms with van der Waals surface area (Å²) in [4.78, 5) is 11.8. The molecule has 1 fully saturated rings. The number of methoxy groups -OCH3 is 1. The molecule has 1 saturated carbocycles. The second kappa shape index (κ2) is 7.31. The highest BCUT2D eigenvalue weighted by Crippen LogP contribution is 2.30. The van der Waals surface area contributed by atoms with E-state index in [1.165, 1.54) is 20.0 Å². The van der Waals surface area contributed by atoms with Crippen LogP contribution in [0.5, 0.6) is 11.5 Å². The predicted octanol–water partition coefficient (Wildman–Crippen LogP) is 2.19. The van der Waals surface area contributed by atoms with E-state index in [9.17, 15) is 9.90 Å². The molecule has 2 N–H and O–H groups in total. The predicted molar refractivity (Wildman–Crippen MR) is 79.5 cm³/mol. The first-order valence-corrected chi connectivity index (χ1v) is 7.38. The maximum atomic E-state index is 11.8. The van der Waals surface area contributed by atoms with Crippen molar-refractivity contribution >= 4 is 5.91 Å². The molecule has 1 atom stereocenters. The van der Waals surface area contributed by atoms with E-state index in [2.05, 4.69) is 5.32 Å². The maximum absolute atomic E-state index is 11.8. The Kier molecular flexibility index (Phi) is 5.44. The Morgan fingerprint density at radius 1 is 1.38 bits per heavy atom. The number of nitrogens with one attached hydrogen (secondary N) is 1. The molecule has 1 unspecified atom stereocenters. The Bertz CT molecular complexity index is 481. The minimum Gasteiger partial charge on any atom is -0.493 e. The normalized spacial score (nSPS) is 16.5. The van der Waals surface area contributed by atoms with Gasteiger partial charge >= 0.3 is 0 Å². The lowest BCUT2D eigenvalue weighted by atomic mass is 10.1. The van der Waals surface area contributed by atoms with Crippen LogP contribution in [0.25, 0.3) is 0 Å². The average Bonchev–Trinajstić information content (AvgIpc) is 2.97. The van der Waals surface area contributed by atoms with Crippen LogP contribution < -0.4 is 14.8 Å². The summed E-state index contributed by atoms with van der Waals surface area (Å²) in [6.45, 7) is 1.66. The fourth-order valence-electron chi connectivity index (χ4n) is 2.55. The number of aliphatic hydroxyl groups excluding tert-OH is 1. The molecule has 116 valence electrons. The number of carbonyl (C=O) groups is 1. The van der Waals surface area contributed by atoms with E-state index in [-0.39, 0.29) is 12.5 Å². The first-order chi connectivity index (χ1) is 10.1. The molecular weight excluding hydrogens is 270 g/mol. The van der Waals surface area contributed by atoms with E-state index in [0.29, 0.717) is 17.5 Å². The second-order valence-electron chi connectivity index (χ2n) is 5.42. The van der Waals surface area contributed by atoms with Crippen molar-refractivity contribution in [2.45, 2.75) is 44.8 Å². The quantitative estimate of drug-likeness (QED) is 0.843. The zero-order valence-electron chi connectivity index (χ0n) is 12.6. The zero-order chi connectivity index (χ0) is 15.2. The zero-order valence-corrected chi connectivity index (χ0v) is 12.6. The number of hydrogen-bond acceptors (Lipinski definition) is 4. The SMILES string of the molecule is COc1cc(C(C)O)ccc1OCC(=O)NC1CCCC1. The molecule has 1 aliphatic carbocycles. The monoisotopic (exact) mass is 293 g/mol. The van der Waals surface area contributed by atoms with E-state index in [1.54, 1.807) is 25.1 Å². The van der Waals surface area contributed by atoms with Gasteiger partial charge in [0.05, 0.1) is 13.2 Å². The summed E-state index contributed by atoms with van der Waals surface area (Å²) in [5, 5.41) is 12.5. The smallest absolute Gasteiger partial charge is 0.258 e.